The van der Waals surface area contributed by atoms with E-state index in [0.29, 0.717) is 12.6 Å². The summed E-state index contributed by atoms with van der Waals surface area (Å²) in [6.07, 6.45) is 4.98. The van der Waals surface area contributed by atoms with Gasteiger partial charge in [0.2, 0.25) is 5.91 Å². The van der Waals surface area contributed by atoms with Crippen molar-refractivity contribution in [2.24, 2.45) is 0 Å². The van der Waals surface area contributed by atoms with E-state index in [4.69, 9.17) is 0 Å². The second kappa shape index (κ2) is 7.43. The molecule has 0 saturated carbocycles. The molecule has 0 spiro atoms. The van der Waals surface area contributed by atoms with Crippen molar-refractivity contribution in [2.45, 2.75) is 25.9 Å². The summed E-state index contributed by atoms with van der Waals surface area (Å²) in [5.74, 6) is -0.0402. The van der Waals surface area contributed by atoms with E-state index in [0.717, 1.165) is 16.6 Å². The molecule has 1 unspecified atom stereocenters. The number of aromatic nitrogens is 1. The Morgan fingerprint density at radius 1 is 1.33 bits per heavy atom. The number of nitrogens with one attached hydrogen (secondary N) is 2. The maximum Gasteiger partial charge on any atom is 0.244 e. The molecule has 112 valence electrons. The molecule has 1 atom stereocenters. The number of anilines is 1. The monoisotopic (exact) mass is 349 g/mol. The summed E-state index contributed by atoms with van der Waals surface area (Å²) in [5, 5.41) is 6.16. The molecule has 21 heavy (non-hydrogen) atoms. The van der Waals surface area contributed by atoms with Crippen molar-refractivity contribution in [1.82, 2.24) is 9.88 Å². The smallest absolute Gasteiger partial charge is 0.244 e. The van der Waals surface area contributed by atoms with Gasteiger partial charge in [-0.25, -0.2) is 0 Å². The lowest BCUT2D eigenvalue weighted by molar-refractivity contribution is -0.116. The molecule has 1 aromatic heterocycles. The molecular formula is C16H20BrN3O. The number of rotatable bonds is 6. The summed E-state index contributed by atoms with van der Waals surface area (Å²) in [4.78, 5) is 12.1. The first-order valence-corrected chi connectivity index (χ1v) is 7.80. The summed E-state index contributed by atoms with van der Waals surface area (Å²) in [5.41, 5.74) is 1.99. The third kappa shape index (κ3) is 4.19. The molecule has 0 radical (unpaired) electrons. The Balaban J connectivity index is 1.99. The number of para-hydroxylation sites is 1. The minimum Gasteiger partial charge on any atom is -0.345 e. The van der Waals surface area contributed by atoms with Crippen molar-refractivity contribution >= 4 is 27.5 Å². The van der Waals surface area contributed by atoms with Crippen LogP contribution in [0.5, 0.6) is 0 Å². The fourth-order valence-corrected chi connectivity index (χ4v) is 2.67. The normalized spacial score (nSPS) is 12.1. The number of hydrogen-bond acceptors (Lipinski definition) is 2. The van der Waals surface area contributed by atoms with Gasteiger partial charge in [0.25, 0.3) is 0 Å². The van der Waals surface area contributed by atoms with Crippen LogP contribution in [0.3, 0.4) is 0 Å². The molecule has 0 aliphatic rings. The Kier molecular flexibility index (Phi) is 5.59. The lowest BCUT2D eigenvalue weighted by Crippen LogP contribution is -2.18. The number of halogens is 1. The summed E-state index contributed by atoms with van der Waals surface area (Å²) in [6, 6.07) is 9.97. The maximum absolute atomic E-state index is 12.1. The van der Waals surface area contributed by atoms with Crippen molar-refractivity contribution in [2.75, 3.05) is 12.4 Å². The summed E-state index contributed by atoms with van der Waals surface area (Å²) >= 11 is 3.42. The summed E-state index contributed by atoms with van der Waals surface area (Å²) in [6.45, 7) is 2.44. The zero-order chi connectivity index (χ0) is 15.2. The second-order valence-corrected chi connectivity index (χ2v) is 5.75. The molecule has 2 N–H and O–H groups in total. The highest BCUT2D eigenvalue weighted by Gasteiger charge is 2.10. The van der Waals surface area contributed by atoms with Gasteiger partial charge in [-0.3, -0.25) is 4.79 Å². The van der Waals surface area contributed by atoms with Gasteiger partial charge in [0.15, 0.2) is 0 Å². The number of carbonyl (C=O) groups excluding carboxylic acids is 1. The molecule has 1 aromatic carbocycles. The van der Waals surface area contributed by atoms with Crippen LogP contribution in [0.1, 0.15) is 24.9 Å². The van der Waals surface area contributed by atoms with E-state index in [1.54, 1.807) is 0 Å². The van der Waals surface area contributed by atoms with E-state index in [1.165, 1.54) is 5.56 Å². The van der Waals surface area contributed by atoms with Gasteiger partial charge in [-0.2, -0.15) is 0 Å². The fraction of sp³-hybridized carbons (Fsp3) is 0.312. The molecular weight excluding hydrogens is 330 g/mol. The molecule has 1 amide bonds. The first-order valence-electron chi connectivity index (χ1n) is 7.01. The van der Waals surface area contributed by atoms with Gasteiger partial charge in [-0.15, -0.1) is 0 Å². The van der Waals surface area contributed by atoms with Crippen molar-refractivity contribution in [3.8, 4) is 0 Å². The molecule has 2 rings (SSSR count). The number of hydrogen-bond donors (Lipinski definition) is 2. The fourth-order valence-electron chi connectivity index (χ4n) is 2.29. The third-order valence-corrected chi connectivity index (χ3v) is 4.10. The van der Waals surface area contributed by atoms with Crippen LogP contribution in [0.25, 0.3) is 0 Å². The largest absolute Gasteiger partial charge is 0.345 e. The topological polar surface area (TPSA) is 46.1 Å². The highest BCUT2D eigenvalue weighted by molar-refractivity contribution is 9.10. The Hall–Kier alpha value is -1.59. The van der Waals surface area contributed by atoms with Gasteiger partial charge in [0.05, 0.1) is 5.69 Å². The molecule has 5 heteroatoms. The Bertz CT molecular complexity index is 605. The van der Waals surface area contributed by atoms with Crippen LogP contribution < -0.4 is 10.6 Å². The minimum atomic E-state index is -0.0402. The van der Waals surface area contributed by atoms with Gasteiger partial charge in [0.1, 0.15) is 6.54 Å². The minimum absolute atomic E-state index is 0.0402. The second-order valence-electron chi connectivity index (χ2n) is 4.89. The Morgan fingerprint density at radius 2 is 2.10 bits per heavy atom. The highest BCUT2D eigenvalue weighted by atomic mass is 79.9. The van der Waals surface area contributed by atoms with Crippen LogP contribution in [0, 0.1) is 0 Å². The van der Waals surface area contributed by atoms with E-state index in [-0.39, 0.29) is 5.91 Å². The average Bonchev–Trinajstić information content (AvgIpc) is 2.91. The quantitative estimate of drug-likeness (QED) is 0.837. The predicted octanol–water partition coefficient (Wildman–Crippen LogP) is 3.56. The Morgan fingerprint density at radius 3 is 2.76 bits per heavy atom. The number of benzene rings is 1. The van der Waals surface area contributed by atoms with Crippen molar-refractivity contribution < 1.29 is 4.79 Å². The summed E-state index contributed by atoms with van der Waals surface area (Å²) < 4.78 is 2.79. The van der Waals surface area contributed by atoms with Crippen LogP contribution in [0.2, 0.25) is 0 Å². The van der Waals surface area contributed by atoms with E-state index in [1.807, 2.05) is 48.3 Å². The SMILES string of the molecule is CCC(NC)c1ccn(CC(=O)Nc2ccccc2Br)c1. The van der Waals surface area contributed by atoms with Crippen molar-refractivity contribution in [3.05, 3.63) is 52.8 Å². The van der Waals surface area contributed by atoms with E-state index in [9.17, 15) is 4.79 Å². The van der Waals surface area contributed by atoms with E-state index in [2.05, 4.69) is 39.6 Å². The predicted molar refractivity (Wildman–Crippen MR) is 89.3 cm³/mol. The molecule has 0 saturated heterocycles. The lowest BCUT2D eigenvalue weighted by Gasteiger charge is -2.11. The van der Waals surface area contributed by atoms with Gasteiger partial charge >= 0.3 is 0 Å². The van der Waals surface area contributed by atoms with Crippen LogP contribution in [-0.2, 0) is 11.3 Å². The standard InChI is InChI=1S/C16H20BrN3O/c1-3-14(18-2)12-8-9-20(10-12)11-16(21)19-15-7-5-4-6-13(15)17/h4-10,14,18H,3,11H2,1-2H3,(H,19,21). The van der Waals surface area contributed by atoms with E-state index < -0.39 is 0 Å². The zero-order valence-corrected chi connectivity index (χ0v) is 13.9. The first-order chi connectivity index (χ1) is 10.1. The maximum atomic E-state index is 12.1. The Labute approximate surface area is 133 Å². The molecule has 0 aliphatic carbocycles. The average molecular weight is 350 g/mol. The number of amides is 1. The third-order valence-electron chi connectivity index (χ3n) is 3.41. The first kappa shape index (κ1) is 15.8. The molecule has 0 aliphatic heterocycles. The van der Waals surface area contributed by atoms with Crippen molar-refractivity contribution in [3.63, 3.8) is 0 Å². The van der Waals surface area contributed by atoms with Crippen LogP contribution in [-0.4, -0.2) is 17.5 Å². The van der Waals surface area contributed by atoms with Crippen molar-refractivity contribution in [1.29, 1.82) is 0 Å². The number of carbonyl (C=O) groups is 1. The number of nitrogens with zero attached hydrogens (tertiary/aromatic N) is 1. The molecule has 0 fully saturated rings. The molecule has 0 bridgehead atoms. The molecule has 4 nitrogen and oxygen atoms in total. The lowest BCUT2D eigenvalue weighted by atomic mass is 10.1. The van der Waals surface area contributed by atoms with Gasteiger partial charge < -0.3 is 15.2 Å². The zero-order valence-electron chi connectivity index (χ0n) is 12.3. The molecule has 2 aromatic rings. The van der Waals surface area contributed by atoms with Gasteiger partial charge in [-0.1, -0.05) is 19.1 Å². The summed E-state index contributed by atoms with van der Waals surface area (Å²) in [7, 11) is 1.95. The van der Waals surface area contributed by atoms with Gasteiger partial charge in [-0.05, 0) is 53.2 Å². The molecule has 1 heterocycles. The van der Waals surface area contributed by atoms with Crippen LogP contribution in [0.15, 0.2) is 47.2 Å². The van der Waals surface area contributed by atoms with E-state index >= 15 is 0 Å². The van der Waals surface area contributed by atoms with Crippen LogP contribution >= 0.6 is 15.9 Å². The van der Waals surface area contributed by atoms with Gasteiger partial charge in [0, 0.05) is 22.9 Å². The highest BCUT2D eigenvalue weighted by Crippen LogP contribution is 2.21. The van der Waals surface area contributed by atoms with Crippen LogP contribution in [0.4, 0.5) is 5.69 Å².